The maximum atomic E-state index is 17.6. The number of hydrogen-bond donors (Lipinski definition) is 0. The first-order valence-corrected chi connectivity index (χ1v) is 25.3. The number of piperazine rings is 1. The Labute approximate surface area is 379 Å². The highest BCUT2D eigenvalue weighted by Gasteiger charge is 2.45. The summed E-state index contributed by atoms with van der Waals surface area (Å²) in [6, 6.07) is 16.9. The highest BCUT2D eigenvalue weighted by atomic mass is 127. The average Bonchev–Trinajstić information content (AvgIpc) is 3.78. The molecule has 3 fully saturated rings. The maximum absolute atomic E-state index is 17.6. The number of aromatic nitrogens is 3. The van der Waals surface area contributed by atoms with E-state index >= 15 is 8.78 Å². The van der Waals surface area contributed by atoms with E-state index in [-0.39, 0.29) is 47.1 Å². The van der Waals surface area contributed by atoms with Crippen molar-refractivity contribution in [3.05, 3.63) is 81.6 Å². The number of pyridine rings is 1. The molecule has 326 valence electrons. The Morgan fingerprint density at radius 3 is 2.24 bits per heavy atom. The summed E-state index contributed by atoms with van der Waals surface area (Å²) in [4.78, 5) is 34.3. The molecule has 3 atom stereocenters. The van der Waals surface area contributed by atoms with Crippen LogP contribution in [0.1, 0.15) is 87.1 Å². The SMILES string of the molecule is CC(C)[Si](C#Cc1c(F)ccc2cccc(-c3ncc4c(N5C[C@H]6CC[C@@H](C5)N6C(=O)OC(C)(C)C)nc(O[C@H]5CCN(c6cccc(I)c6)C5)nc4c3F)c12)(C(C)C)C(C)C. The second-order valence-electron chi connectivity index (χ2n) is 19.1. The number of rotatable bonds is 8. The number of hydrogen-bond acceptors (Lipinski definition) is 8. The molecule has 5 heterocycles. The van der Waals surface area contributed by atoms with Gasteiger partial charge in [-0.1, -0.05) is 77.8 Å². The van der Waals surface area contributed by atoms with Crippen molar-refractivity contribution in [1.82, 2.24) is 19.9 Å². The summed E-state index contributed by atoms with van der Waals surface area (Å²) in [5.41, 5.74) is 6.04. The normalized spacial score (nSPS) is 19.3. The number of benzene rings is 3. The fourth-order valence-electron chi connectivity index (χ4n) is 10.3. The van der Waals surface area contributed by atoms with Gasteiger partial charge in [-0.3, -0.25) is 9.88 Å². The van der Waals surface area contributed by atoms with Crippen LogP contribution in [0.3, 0.4) is 0 Å². The van der Waals surface area contributed by atoms with E-state index < -0.39 is 25.3 Å². The Bertz CT molecular complexity index is 2550. The van der Waals surface area contributed by atoms with Gasteiger partial charge in [0.15, 0.2) is 5.82 Å². The summed E-state index contributed by atoms with van der Waals surface area (Å²) in [6.45, 7) is 21.4. The van der Waals surface area contributed by atoms with Gasteiger partial charge in [0, 0.05) is 52.5 Å². The zero-order valence-corrected chi connectivity index (χ0v) is 40.4. The Kier molecular flexibility index (Phi) is 12.2. The van der Waals surface area contributed by atoms with Gasteiger partial charge in [0.25, 0.3) is 0 Å². The van der Waals surface area contributed by atoms with E-state index in [2.05, 4.69) is 104 Å². The van der Waals surface area contributed by atoms with Crippen LogP contribution in [0, 0.1) is 26.7 Å². The van der Waals surface area contributed by atoms with E-state index in [9.17, 15) is 4.79 Å². The van der Waals surface area contributed by atoms with Crippen LogP contribution in [-0.2, 0) is 4.74 Å². The summed E-state index contributed by atoms with van der Waals surface area (Å²) < 4.78 is 47.3. The van der Waals surface area contributed by atoms with Crippen molar-refractivity contribution >= 4 is 69.9 Å². The molecule has 0 spiro atoms. The largest absolute Gasteiger partial charge is 0.458 e. The molecule has 2 aromatic heterocycles. The Hall–Kier alpha value is -4.55. The van der Waals surface area contributed by atoms with Crippen molar-refractivity contribution in [1.29, 1.82) is 0 Å². The number of carbonyl (C=O) groups is 1. The van der Waals surface area contributed by atoms with Gasteiger partial charge in [-0.05, 0) is 102 Å². The molecule has 3 aliphatic rings. The maximum Gasteiger partial charge on any atom is 0.410 e. The smallest absolute Gasteiger partial charge is 0.410 e. The van der Waals surface area contributed by atoms with Gasteiger partial charge < -0.3 is 19.3 Å². The standard InChI is InChI=1S/C49H57F2IN6O3Si/c1-29(2)62(30(3)4,31(5)6)23-21-38-41(50)19-16-32-12-10-15-39(42(32)38)44-43(51)45-40(25-53-44)46(57-26-35-17-18-36(27-57)58(35)48(59)61-49(7,8)9)55-47(54-45)60-37-20-22-56(28-37)34-14-11-13-33(52)24-34/h10-16,19,24-25,29-31,35-37H,17-18,20,22,26-28H2,1-9H3/t35-,36+,37-/m0/s1. The first kappa shape index (κ1) is 44.1. The minimum Gasteiger partial charge on any atom is -0.458 e. The van der Waals surface area contributed by atoms with E-state index in [1.165, 1.54) is 6.07 Å². The summed E-state index contributed by atoms with van der Waals surface area (Å²) in [5, 5.41) is 1.70. The minimum absolute atomic E-state index is 0.0490. The van der Waals surface area contributed by atoms with Gasteiger partial charge in [0.05, 0.1) is 29.6 Å². The van der Waals surface area contributed by atoms with Crippen LogP contribution in [0.5, 0.6) is 6.01 Å². The second kappa shape index (κ2) is 17.2. The van der Waals surface area contributed by atoms with E-state index in [4.69, 9.17) is 24.4 Å². The van der Waals surface area contributed by atoms with E-state index in [0.29, 0.717) is 58.4 Å². The molecule has 0 saturated carbocycles. The van der Waals surface area contributed by atoms with Crippen LogP contribution in [0.15, 0.2) is 60.8 Å². The third kappa shape index (κ3) is 8.33. The quantitative estimate of drug-likeness (QED) is 0.0864. The molecule has 3 saturated heterocycles. The first-order valence-electron chi connectivity index (χ1n) is 22.0. The lowest BCUT2D eigenvalue weighted by Crippen LogP contribution is -2.57. The highest BCUT2D eigenvalue weighted by Crippen LogP contribution is 2.43. The molecule has 0 aliphatic carbocycles. The van der Waals surface area contributed by atoms with Crippen LogP contribution in [0.25, 0.3) is 32.9 Å². The molecular formula is C49H57F2IN6O3Si. The van der Waals surface area contributed by atoms with Crippen molar-refractivity contribution < 1.29 is 23.0 Å². The fraction of sp³-hybridized carbons (Fsp3) is 0.469. The number of nitrogens with zero attached hydrogens (tertiary/aromatic N) is 6. The lowest BCUT2D eigenvalue weighted by atomic mass is 9.96. The molecule has 1 amide bonds. The zero-order chi connectivity index (χ0) is 44.2. The topological polar surface area (TPSA) is 83.9 Å². The van der Waals surface area contributed by atoms with Crippen molar-refractivity contribution in [3.8, 4) is 28.7 Å². The van der Waals surface area contributed by atoms with Crippen LogP contribution in [-0.4, -0.2) is 84.0 Å². The fourth-order valence-corrected chi connectivity index (χ4v) is 16.1. The molecule has 13 heteroatoms. The van der Waals surface area contributed by atoms with E-state index in [0.717, 1.165) is 40.5 Å². The molecule has 62 heavy (non-hydrogen) atoms. The number of fused-ring (bicyclic) bond motifs is 4. The molecule has 0 radical (unpaired) electrons. The second-order valence-corrected chi connectivity index (χ2v) is 25.9. The Morgan fingerprint density at radius 1 is 0.887 bits per heavy atom. The van der Waals surface area contributed by atoms with Crippen LogP contribution >= 0.6 is 22.6 Å². The predicted octanol–water partition coefficient (Wildman–Crippen LogP) is 11.5. The van der Waals surface area contributed by atoms with E-state index in [1.807, 2.05) is 43.9 Å². The van der Waals surface area contributed by atoms with Gasteiger partial charge in [-0.2, -0.15) is 9.97 Å². The van der Waals surface area contributed by atoms with Crippen LogP contribution < -0.4 is 14.5 Å². The van der Waals surface area contributed by atoms with Gasteiger partial charge in [0.2, 0.25) is 0 Å². The summed E-state index contributed by atoms with van der Waals surface area (Å²) in [7, 11) is -2.25. The van der Waals surface area contributed by atoms with Crippen molar-refractivity contribution in [2.45, 2.75) is 122 Å². The molecular weight excluding hydrogens is 914 g/mol. The van der Waals surface area contributed by atoms with Crippen molar-refractivity contribution in [2.24, 2.45) is 0 Å². The Balaban J connectivity index is 1.23. The average molecular weight is 971 g/mol. The molecule has 5 aromatic rings. The molecule has 9 nitrogen and oxygen atoms in total. The van der Waals surface area contributed by atoms with Crippen molar-refractivity contribution in [2.75, 3.05) is 36.0 Å². The summed E-state index contributed by atoms with van der Waals surface area (Å²) in [5.74, 6) is 2.76. The minimum atomic E-state index is -2.25. The first-order chi connectivity index (χ1) is 29.4. The molecule has 8 rings (SSSR count). The monoisotopic (exact) mass is 970 g/mol. The number of anilines is 2. The van der Waals surface area contributed by atoms with E-state index in [1.54, 1.807) is 18.3 Å². The number of carbonyl (C=O) groups excluding carboxylic acids is 1. The molecule has 0 N–H and O–H groups in total. The number of halogens is 3. The lowest BCUT2D eigenvalue weighted by Gasteiger charge is -2.42. The third-order valence-corrected chi connectivity index (χ3v) is 20.1. The third-order valence-electron chi connectivity index (χ3n) is 13.1. The molecule has 3 aromatic carbocycles. The van der Waals surface area contributed by atoms with Gasteiger partial charge in [-0.25, -0.2) is 13.6 Å². The lowest BCUT2D eigenvalue weighted by molar-refractivity contribution is 0.0122. The number of amides is 1. The highest BCUT2D eigenvalue weighted by molar-refractivity contribution is 14.1. The van der Waals surface area contributed by atoms with Crippen molar-refractivity contribution in [3.63, 3.8) is 0 Å². The Morgan fingerprint density at radius 2 is 1.58 bits per heavy atom. The summed E-state index contributed by atoms with van der Waals surface area (Å²) in [6.07, 6.45) is 3.45. The zero-order valence-electron chi connectivity index (χ0n) is 37.2. The molecule has 3 aliphatic heterocycles. The summed E-state index contributed by atoms with van der Waals surface area (Å²) >= 11 is 2.32. The van der Waals surface area contributed by atoms with Crippen LogP contribution in [0.4, 0.5) is 25.1 Å². The molecule has 0 unspecified atom stereocenters. The van der Waals surface area contributed by atoms with Gasteiger partial charge >= 0.3 is 12.1 Å². The van der Waals surface area contributed by atoms with Crippen LogP contribution in [0.2, 0.25) is 16.6 Å². The predicted molar refractivity (Wildman–Crippen MR) is 256 cm³/mol. The van der Waals surface area contributed by atoms with Gasteiger partial charge in [0.1, 0.15) is 42.6 Å². The van der Waals surface area contributed by atoms with Gasteiger partial charge in [-0.15, -0.1) is 5.54 Å². The molecule has 2 bridgehead atoms. The number of ether oxygens (including phenoxy) is 2.